The maximum absolute atomic E-state index is 12.6. The Morgan fingerprint density at radius 3 is 2.31 bits per heavy atom. The predicted molar refractivity (Wildman–Crippen MR) is 103 cm³/mol. The summed E-state index contributed by atoms with van der Waals surface area (Å²) in [5.74, 6) is 0.955. The van der Waals surface area contributed by atoms with E-state index in [2.05, 4.69) is 18.7 Å². The van der Waals surface area contributed by atoms with Gasteiger partial charge in [0.1, 0.15) is 0 Å². The summed E-state index contributed by atoms with van der Waals surface area (Å²) >= 11 is 0. The predicted octanol–water partition coefficient (Wildman–Crippen LogP) is 2.27. The minimum absolute atomic E-state index is 0.100. The highest BCUT2D eigenvalue weighted by Gasteiger charge is 2.26. The molecule has 1 aromatic rings. The second kappa shape index (κ2) is 8.67. The van der Waals surface area contributed by atoms with Gasteiger partial charge in [-0.25, -0.2) is 0 Å². The highest BCUT2D eigenvalue weighted by molar-refractivity contribution is 5.94. The van der Waals surface area contributed by atoms with Crippen LogP contribution in [0.2, 0.25) is 0 Å². The molecule has 0 aliphatic carbocycles. The maximum atomic E-state index is 12.6. The van der Waals surface area contributed by atoms with Gasteiger partial charge in [-0.3, -0.25) is 14.5 Å². The van der Waals surface area contributed by atoms with Crippen molar-refractivity contribution in [3.63, 3.8) is 0 Å². The number of piperazine rings is 1. The summed E-state index contributed by atoms with van der Waals surface area (Å²) in [6, 6.07) is 7.91. The molecule has 2 saturated heterocycles. The second-order valence-corrected chi connectivity index (χ2v) is 7.71. The molecule has 2 aliphatic rings. The molecule has 0 spiro atoms. The van der Waals surface area contributed by atoms with E-state index >= 15 is 0 Å². The second-order valence-electron chi connectivity index (χ2n) is 7.71. The Labute approximate surface area is 156 Å². The number of amides is 2. The quantitative estimate of drug-likeness (QED) is 0.830. The zero-order valence-electron chi connectivity index (χ0n) is 16.1. The van der Waals surface area contributed by atoms with E-state index in [1.807, 2.05) is 34.1 Å². The van der Waals surface area contributed by atoms with Crippen LogP contribution < -0.4 is 0 Å². The number of likely N-dealkylation sites (tertiary alicyclic amines) is 1. The summed E-state index contributed by atoms with van der Waals surface area (Å²) in [5, 5.41) is 0. The molecule has 0 N–H and O–H groups in total. The number of nitrogens with zero attached hydrogens (tertiary/aromatic N) is 3. The average molecular weight is 357 g/mol. The SMILES string of the molecule is CCc1ccc(C(=O)N2CCN(CC(=O)N3CCCC(C)C3)CC2)cc1. The largest absolute Gasteiger partial charge is 0.341 e. The lowest BCUT2D eigenvalue weighted by Gasteiger charge is -2.37. The molecule has 0 bridgehead atoms. The van der Waals surface area contributed by atoms with Crippen molar-refractivity contribution in [3.05, 3.63) is 35.4 Å². The van der Waals surface area contributed by atoms with Gasteiger partial charge in [0, 0.05) is 44.8 Å². The maximum Gasteiger partial charge on any atom is 0.253 e. The van der Waals surface area contributed by atoms with Crippen molar-refractivity contribution in [1.29, 1.82) is 0 Å². The van der Waals surface area contributed by atoms with Crippen molar-refractivity contribution in [2.75, 3.05) is 45.8 Å². The van der Waals surface area contributed by atoms with Crippen molar-refractivity contribution in [2.45, 2.75) is 33.1 Å². The van der Waals surface area contributed by atoms with E-state index in [4.69, 9.17) is 0 Å². The Bertz CT molecular complexity index is 621. The molecular weight excluding hydrogens is 326 g/mol. The molecule has 2 heterocycles. The zero-order chi connectivity index (χ0) is 18.5. The number of piperidine rings is 1. The van der Waals surface area contributed by atoms with Gasteiger partial charge in [0.25, 0.3) is 5.91 Å². The Balaban J connectivity index is 1.47. The van der Waals surface area contributed by atoms with Crippen molar-refractivity contribution >= 4 is 11.8 Å². The smallest absolute Gasteiger partial charge is 0.253 e. The highest BCUT2D eigenvalue weighted by Crippen LogP contribution is 2.16. The first-order valence-corrected chi connectivity index (χ1v) is 9.95. The standard InChI is InChI=1S/C21H31N3O2/c1-3-18-6-8-19(9-7-18)21(26)23-13-11-22(12-14-23)16-20(25)24-10-4-5-17(2)15-24/h6-9,17H,3-5,10-16H2,1-2H3. The molecule has 3 rings (SSSR count). The van der Waals surface area contributed by atoms with Crippen molar-refractivity contribution in [1.82, 2.24) is 14.7 Å². The Hall–Kier alpha value is -1.88. The minimum atomic E-state index is 0.100. The van der Waals surface area contributed by atoms with Gasteiger partial charge in [0.15, 0.2) is 0 Å². The summed E-state index contributed by atoms with van der Waals surface area (Å²) in [5.41, 5.74) is 2.01. The third kappa shape index (κ3) is 4.64. The molecule has 142 valence electrons. The van der Waals surface area contributed by atoms with E-state index in [1.54, 1.807) is 0 Å². The van der Waals surface area contributed by atoms with Gasteiger partial charge in [-0.2, -0.15) is 0 Å². The molecule has 2 aliphatic heterocycles. The lowest BCUT2D eigenvalue weighted by molar-refractivity contribution is -0.134. The van der Waals surface area contributed by atoms with E-state index in [9.17, 15) is 9.59 Å². The first-order valence-electron chi connectivity index (χ1n) is 9.95. The molecule has 2 amide bonds. The number of hydrogen-bond donors (Lipinski definition) is 0. The monoisotopic (exact) mass is 357 g/mol. The number of carbonyl (C=O) groups excluding carboxylic acids is 2. The highest BCUT2D eigenvalue weighted by atomic mass is 16.2. The van der Waals surface area contributed by atoms with Crippen LogP contribution in [0, 0.1) is 5.92 Å². The molecule has 0 saturated carbocycles. The van der Waals surface area contributed by atoms with Crippen molar-refractivity contribution < 1.29 is 9.59 Å². The fourth-order valence-corrected chi connectivity index (χ4v) is 3.88. The summed E-state index contributed by atoms with van der Waals surface area (Å²) in [6.45, 7) is 9.54. The molecule has 26 heavy (non-hydrogen) atoms. The van der Waals surface area contributed by atoms with Crippen LogP contribution in [-0.4, -0.2) is 72.3 Å². The van der Waals surface area contributed by atoms with Crippen LogP contribution in [0.15, 0.2) is 24.3 Å². The molecule has 2 fully saturated rings. The topological polar surface area (TPSA) is 43.9 Å². The third-order valence-corrected chi connectivity index (χ3v) is 5.64. The molecule has 5 heteroatoms. The fourth-order valence-electron chi connectivity index (χ4n) is 3.88. The van der Waals surface area contributed by atoms with Gasteiger partial charge in [0.2, 0.25) is 5.91 Å². The molecular formula is C21H31N3O2. The minimum Gasteiger partial charge on any atom is -0.341 e. The zero-order valence-corrected chi connectivity index (χ0v) is 16.1. The van der Waals surface area contributed by atoms with Gasteiger partial charge >= 0.3 is 0 Å². The van der Waals surface area contributed by atoms with E-state index < -0.39 is 0 Å². The van der Waals surface area contributed by atoms with Gasteiger partial charge < -0.3 is 9.80 Å². The van der Waals surface area contributed by atoms with Crippen LogP contribution >= 0.6 is 0 Å². The number of carbonyl (C=O) groups is 2. The molecule has 1 unspecified atom stereocenters. The van der Waals surface area contributed by atoms with Crippen molar-refractivity contribution in [2.24, 2.45) is 5.92 Å². The van der Waals surface area contributed by atoms with E-state index in [0.29, 0.717) is 25.6 Å². The molecule has 1 aromatic carbocycles. The average Bonchev–Trinajstić information content (AvgIpc) is 2.68. The summed E-state index contributed by atoms with van der Waals surface area (Å²) in [7, 11) is 0. The Kier molecular flexibility index (Phi) is 6.30. The molecule has 1 atom stereocenters. The van der Waals surface area contributed by atoms with Crippen LogP contribution in [0.3, 0.4) is 0 Å². The molecule has 0 aromatic heterocycles. The van der Waals surface area contributed by atoms with E-state index in [1.165, 1.54) is 12.0 Å². The third-order valence-electron chi connectivity index (χ3n) is 5.64. The fraction of sp³-hybridized carbons (Fsp3) is 0.619. The number of benzene rings is 1. The van der Waals surface area contributed by atoms with Gasteiger partial charge in [0.05, 0.1) is 6.54 Å². The lowest BCUT2D eigenvalue weighted by Crippen LogP contribution is -2.52. The first-order chi connectivity index (χ1) is 12.6. The van der Waals surface area contributed by atoms with E-state index in [-0.39, 0.29) is 11.8 Å². The Morgan fingerprint density at radius 2 is 1.69 bits per heavy atom. The normalized spacial score (nSPS) is 21.7. The first kappa shape index (κ1) is 18.9. The molecule has 0 radical (unpaired) electrons. The number of rotatable bonds is 4. The molecule has 5 nitrogen and oxygen atoms in total. The van der Waals surface area contributed by atoms with Gasteiger partial charge in [-0.15, -0.1) is 0 Å². The Morgan fingerprint density at radius 1 is 1.00 bits per heavy atom. The number of hydrogen-bond acceptors (Lipinski definition) is 3. The van der Waals surface area contributed by atoms with Crippen molar-refractivity contribution in [3.8, 4) is 0 Å². The van der Waals surface area contributed by atoms with Crippen LogP contribution in [0.25, 0.3) is 0 Å². The van der Waals surface area contributed by atoms with Gasteiger partial charge in [-0.05, 0) is 42.9 Å². The van der Waals surface area contributed by atoms with Crippen LogP contribution in [0.1, 0.15) is 42.6 Å². The number of aryl methyl sites for hydroxylation is 1. The summed E-state index contributed by atoms with van der Waals surface area (Å²) in [6.07, 6.45) is 3.33. The van der Waals surface area contributed by atoms with Crippen LogP contribution in [0.4, 0.5) is 0 Å². The summed E-state index contributed by atoms with van der Waals surface area (Å²) < 4.78 is 0. The van der Waals surface area contributed by atoms with Crippen LogP contribution in [0.5, 0.6) is 0 Å². The summed E-state index contributed by atoms with van der Waals surface area (Å²) in [4.78, 5) is 31.3. The lowest BCUT2D eigenvalue weighted by atomic mass is 10.0. The van der Waals surface area contributed by atoms with E-state index in [0.717, 1.165) is 44.6 Å². The van der Waals surface area contributed by atoms with Crippen LogP contribution in [-0.2, 0) is 11.2 Å². The van der Waals surface area contributed by atoms with Gasteiger partial charge in [-0.1, -0.05) is 26.0 Å².